The zero-order chi connectivity index (χ0) is 17.7. The van der Waals surface area contributed by atoms with Crippen LogP contribution in [-0.4, -0.2) is 60.0 Å². The van der Waals surface area contributed by atoms with E-state index in [4.69, 9.17) is 0 Å². The lowest BCUT2D eigenvalue weighted by molar-refractivity contribution is -0.120. The highest BCUT2D eigenvalue weighted by molar-refractivity contribution is 5.79. The van der Waals surface area contributed by atoms with Crippen LogP contribution in [0.1, 0.15) is 31.7 Å². The zero-order valence-electron chi connectivity index (χ0n) is 15.0. The van der Waals surface area contributed by atoms with E-state index < -0.39 is 0 Å². The number of likely N-dealkylation sites (tertiary alicyclic amines) is 1. The summed E-state index contributed by atoms with van der Waals surface area (Å²) < 4.78 is 0. The molecule has 0 saturated carbocycles. The lowest BCUT2D eigenvalue weighted by atomic mass is 9.98. The Bertz CT molecular complexity index is 607. The molecule has 0 aliphatic carbocycles. The van der Waals surface area contributed by atoms with E-state index in [1.165, 1.54) is 5.56 Å². The average molecular weight is 344 g/mol. The Morgan fingerprint density at radius 3 is 2.84 bits per heavy atom. The Kier molecular flexibility index (Phi) is 5.58. The minimum atomic E-state index is -0.0655. The van der Waals surface area contributed by atoms with Crippen molar-refractivity contribution < 1.29 is 9.59 Å². The molecule has 6 nitrogen and oxygen atoms in total. The Hall–Kier alpha value is -2.08. The van der Waals surface area contributed by atoms with Gasteiger partial charge in [0.1, 0.15) is 0 Å². The third-order valence-electron chi connectivity index (χ3n) is 5.34. The minimum absolute atomic E-state index is 0.0205. The first-order valence-electron chi connectivity index (χ1n) is 9.15. The molecule has 1 aromatic rings. The molecule has 2 aliphatic rings. The molecule has 0 radical (unpaired) electrons. The standard InChI is InChI=1S/C19H28N4O2/c1-19(9-5-11-23(19)14-16-6-3-2-4-7-16)15-21-18(25)22-12-8-17(24)20-10-13-22/h2-4,6-7H,5,8-15H2,1H3,(H,20,24)(H,21,25)/t19-/m0/s1. The van der Waals surface area contributed by atoms with Crippen molar-refractivity contribution in [3.8, 4) is 0 Å². The minimum Gasteiger partial charge on any atom is -0.354 e. The van der Waals surface area contributed by atoms with Crippen molar-refractivity contribution in [1.82, 2.24) is 20.4 Å². The molecule has 0 aromatic heterocycles. The second-order valence-electron chi connectivity index (χ2n) is 7.25. The van der Waals surface area contributed by atoms with Crippen molar-refractivity contribution in [3.63, 3.8) is 0 Å². The molecule has 6 heteroatoms. The molecule has 2 aliphatic heterocycles. The molecule has 2 N–H and O–H groups in total. The first kappa shape index (κ1) is 17.7. The van der Waals surface area contributed by atoms with Crippen LogP contribution in [0, 0.1) is 0 Å². The molecular formula is C19H28N4O2. The predicted molar refractivity (Wildman–Crippen MR) is 97.1 cm³/mol. The van der Waals surface area contributed by atoms with Crippen molar-refractivity contribution >= 4 is 11.9 Å². The van der Waals surface area contributed by atoms with E-state index in [1.54, 1.807) is 4.90 Å². The molecule has 25 heavy (non-hydrogen) atoms. The second kappa shape index (κ2) is 7.87. The molecule has 0 bridgehead atoms. The highest BCUT2D eigenvalue weighted by Gasteiger charge is 2.37. The summed E-state index contributed by atoms with van der Waals surface area (Å²) in [6, 6.07) is 10.4. The highest BCUT2D eigenvalue weighted by atomic mass is 16.2. The zero-order valence-corrected chi connectivity index (χ0v) is 15.0. The third kappa shape index (κ3) is 4.51. The molecule has 1 aromatic carbocycles. The van der Waals surface area contributed by atoms with Crippen LogP contribution in [0.15, 0.2) is 30.3 Å². The van der Waals surface area contributed by atoms with Gasteiger partial charge in [-0.25, -0.2) is 4.79 Å². The molecule has 0 unspecified atom stereocenters. The third-order valence-corrected chi connectivity index (χ3v) is 5.34. The summed E-state index contributed by atoms with van der Waals surface area (Å²) in [5.74, 6) is 0.0205. The van der Waals surface area contributed by atoms with E-state index in [1.807, 2.05) is 6.07 Å². The summed E-state index contributed by atoms with van der Waals surface area (Å²) in [4.78, 5) is 28.1. The molecule has 136 valence electrons. The molecular weight excluding hydrogens is 316 g/mol. The predicted octanol–water partition coefficient (Wildman–Crippen LogP) is 1.57. The fourth-order valence-electron chi connectivity index (χ4n) is 3.70. The van der Waals surface area contributed by atoms with Gasteiger partial charge >= 0.3 is 6.03 Å². The summed E-state index contributed by atoms with van der Waals surface area (Å²) in [7, 11) is 0. The summed E-state index contributed by atoms with van der Waals surface area (Å²) >= 11 is 0. The largest absolute Gasteiger partial charge is 0.354 e. The molecule has 2 saturated heterocycles. The molecule has 2 fully saturated rings. The number of carbonyl (C=O) groups excluding carboxylic acids is 2. The van der Waals surface area contributed by atoms with Crippen molar-refractivity contribution in [2.24, 2.45) is 0 Å². The quantitative estimate of drug-likeness (QED) is 0.871. The van der Waals surface area contributed by atoms with Crippen molar-refractivity contribution in [3.05, 3.63) is 35.9 Å². The fraction of sp³-hybridized carbons (Fsp3) is 0.579. The van der Waals surface area contributed by atoms with Gasteiger partial charge in [0.15, 0.2) is 0 Å². The van der Waals surface area contributed by atoms with Gasteiger partial charge in [0, 0.05) is 44.7 Å². The normalized spacial score (nSPS) is 24.7. The fourth-order valence-corrected chi connectivity index (χ4v) is 3.70. The van der Waals surface area contributed by atoms with Crippen molar-refractivity contribution in [2.45, 2.75) is 38.3 Å². The number of hydrogen-bond acceptors (Lipinski definition) is 3. The summed E-state index contributed by atoms with van der Waals surface area (Å²) in [6.07, 6.45) is 2.62. The van der Waals surface area contributed by atoms with Crippen LogP contribution in [0.3, 0.4) is 0 Å². The van der Waals surface area contributed by atoms with Gasteiger partial charge in [-0.2, -0.15) is 0 Å². The number of nitrogens with one attached hydrogen (secondary N) is 2. The number of nitrogens with zero attached hydrogens (tertiary/aromatic N) is 2. The van der Waals surface area contributed by atoms with Crippen LogP contribution in [-0.2, 0) is 11.3 Å². The van der Waals surface area contributed by atoms with Crippen LogP contribution in [0.4, 0.5) is 4.79 Å². The van der Waals surface area contributed by atoms with Crippen molar-refractivity contribution in [1.29, 1.82) is 0 Å². The van der Waals surface area contributed by atoms with Gasteiger partial charge in [0.25, 0.3) is 0 Å². The molecule has 3 amide bonds. The van der Waals surface area contributed by atoms with Gasteiger partial charge in [0.2, 0.25) is 5.91 Å². The van der Waals surface area contributed by atoms with Crippen molar-refractivity contribution in [2.75, 3.05) is 32.7 Å². The number of hydrogen-bond donors (Lipinski definition) is 2. The Labute approximate surface area is 149 Å². The van der Waals surface area contributed by atoms with Crippen LogP contribution in [0.2, 0.25) is 0 Å². The first-order chi connectivity index (χ1) is 12.1. The second-order valence-corrected chi connectivity index (χ2v) is 7.25. The van der Waals surface area contributed by atoms with Gasteiger partial charge in [-0.3, -0.25) is 9.69 Å². The van der Waals surface area contributed by atoms with Crippen LogP contribution < -0.4 is 10.6 Å². The highest BCUT2D eigenvalue weighted by Crippen LogP contribution is 2.30. The number of amides is 3. The summed E-state index contributed by atoms with van der Waals surface area (Å²) in [6.45, 7) is 6.43. The molecule has 2 heterocycles. The monoisotopic (exact) mass is 344 g/mol. The maximum atomic E-state index is 12.5. The topological polar surface area (TPSA) is 64.7 Å². The first-order valence-corrected chi connectivity index (χ1v) is 9.15. The van der Waals surface area contributed by atoms with Gasteiger partial charge in [-0.1, -0.05) is 30.3 Å². The van der Waals surface area contributed by atoms with Gasteiger partial charge in [0.05, 0.1) is 0 Å². The Morgan fingerprint density at radius 2 is 2.04 bits per heavy atom. The van der Waals surface area contributed by atoms with E-state index in [0.717, 1.165) is 25.9 Å². The van der Waals surface area contributed by atoms with E-state index >= 15 is 0 Å². The molecule has 1 atom stereocenters. The Balaban J connectivity index is 1.55. The van der Waals surface area contributed by atoms with E-state index in [9.17, 15) is 9.59 Å². The summed E-state index contributed by atoms with van der Waals surface area (Å²) in [5, 5.41) is 5.90. The summed E-state index contributed by atoms with van der Waals surface area (Å²) in [5.41, 5.74) is 1.28. The lowest BCUT2D eigenvalue weighted by Gasteiger charge is -2.36. The van der Waals surface area contributed by atoms with Gasteiger partial charge < -0.3 is 15.5 Å². The van der Waals surface area contributed by atoms with E-state index in [2.05, 4.69) is 46.7 Å². The molecule has 0 spiro atoms. The van der Waals surface area contributed by atoms with E-state index in [0.29, 0.717) is 32.6 Å². The smallest absolute Gasteiger partial charge is 0.317 e. The molecule has 3 rings (SSSR count). The van der Waals surface area contributed by atoms with E-state index in [-0.39, 0.29) is 17.5 Å². The van der Waals surface area contributed by atoms with Crippen LogP contribution >= 0.6 is 0 Å². The number of urea groups is 1. The average Bonchev–Trinajstić information content (AvgIpc) is 2.83. The van der Waals surface area contributed by atoms with Gasteiger partial charge in [-0.15, -0.1) is 0 Å². The van der Waals surface area contributed by atoms with Crippen LogP contribution in [0.25, 0.3) is 0 Å². The SMILES string of the molecule is C[C@@]1(CNC(=O)N2CCNC(=O)CC2)CCCN1Cc1ccccc1. The number of rotatable bonds is 4. The number of carbonyl (C=O) groups is 2. The lowest BCUT2D eigenvalue weighted by Crippen LogP contribution is -2.52. The van der Waals surface area contributed by atoms with Crippen LogP contribution in [0.5, 0.6) is 0 Å². The maximum absolute atomic E-state index is 12.5. The van der Waals surface area contributed by atoms with Gasteiger partial charge in [-0.05, 0) is 31.9 Å². The maximum Gasteiger partial charge on any atom is 0.317 e. The Morgan fingerprint density at radius 1 is 1.24 bits per heavy atom. The number of benzene rings is 1.